The van der Waals surface area contributed by atoms with Crippen LogP contribution >= 0.6 is 0 Å². The molecule has 3 aromatic carbocycles. The highest BCUT2D eigenvalue weighted by Crippen LogP contribution is 2.29. The smallest absolute Gasteiger partial charge is 0.419 e. The van der Waals surface area contributed by atoms with E-state index in [0.29, 0.717) is 47.4 Å². The van der Waals surface area contributed by atoms with Gasteiger partial charge in [-0.1, -0.05) is 54.6 Å². The lowest BCUT2D eigenvalue weighted by Crippen LogP contribution is -2.13. The van der Waals surface area contributed by atoms with Gasteiger partial charge in [0.15, 0.2) is 11.9 Å². The summed E-state index contributed by atoms with van der Waals surface area (Å²) in [5.41, 5.74) is 4.14. The van der Waals surface area contributed by atoms with Gasteiger partial charge >= 0.3 is 11.8 Å². The summed E-state index contributed by atoms with van der Waals surface area (Å²) in [6, 6.07) is 18.1. The van der Waals surface area contributed by atoms with Crippen molar-refractivity contribution < 1.29 is 23.8 Å². The van der Waals surface area contributed by atoms with E-state index in [2.05, 4.69) is 5.32 Å². The number of fused-ring (bicyclic) bond motifs is 1. The molecule has 8 nitrogen and oxygen atoms in total. The third kappa shape index (κ3) is 4.75. The number of carbonyl (C=O) groups excluding carboxylic acids is 1. The maximum Gasteiger partial charge on any atom is 0.419 e. The highest BCUT2D eigenvalue weighted by Gasteiger charge is 2.13. The molecule has 0 saturated heterocycles. The van der Waals surface area contributed by atoms with Crippen LogP contribution in [0.5, 0.6) is 5.75 Å². The first-order valence-corrected chi connectivity index (χ1v) is 10.5. The second-order valence-electron chi connectivity index (χ2n) is 7.49. The van der Waals surface area contributed by atoms with E-state index in [9.17, 15) is 19.5 Å². The quantitative estimate of drug-likeness (QED) is 0.348. The predicted octanol–water partition coefficient (Wildman–Crippen LogP) is 5.28. The number of rotatable bonds is 8. The van der Waals surface area contributed by atoms with Gasteiger partial charge in [0, 0.05) is 18.2 Å². The van der Waals surface area contributed by atoms with E-state index in [-0.39, 0.29) is 0 Å². The maximum atomic E-state index is 12.3. The van der Waals surface area contributed by atoms with Crippen LogP contribution in [-0.2, 0) is 6.54 Å². The molecule has 4 aromatic rings. The van der Waals surface area contributed by atoms with Gasteiger partial charge in [0.2, 0.25) is 0 Å². The largest absolute Gasteiger partial charge is 0.496 e. The average molecular weight is 458 g/mol. The van der Waals surface area contributed by atoms with Crippen molar-refractivity contribution in [1.29, 1.82) is 0 Å². The van der Waals surface area contributed by atoms with Gasteiger partial charge in [-0.2, -0.15) is 0 Å². The minimum atomic E-state index is -1.14. The second-order valence-corrected chi connectivity index (χ2v) is 7.49. The van der Waals surface area contributed by atoms with E-state index in [0.717, 1.165) is 16.7 Å². The lowest BCUT2D eigenvalue weighted by Gasteiger charge is -2.10. The number of amides is 1. The molecular formula is C26H22N2O6. The highest BCUT2D eigenvalue weighted by molar-refractivity contribution is 5.91. The number of nitrogens with zero attached hydrogens (tertiary/aromatic N) is 1. The van der Waals surface area contributed by atoms with Gasteiger partial charge < -0.3 is 14.3 Å². The minimum Gasteiger partial charge on any atom is -0.496 e. The molecule has 1 amide bonds. The molecule has 0 spiro atoms. The Bertz CT molecular complexity index is 1430. The molecular weight excluding hydrogens is 436 g/mol. The van der Waals surface area contributed by atoms with Crippen molar-refractivity contribution in [3.63, 3.8) is 0 Å². The molecule has 0 bridgehead atoms. The molecule has 34 heavy (non-hydrogen) atoms. The third-order valence-corrected chi connectivity index (χ3v) is 5.35. The van der Waals surface area contributed by atoms with Gasteiger partial charge in [-0.15, -0.1) is 0 Å². The number of anilines is 1. The van der Waals surface area contributed by atoms with Crippen LogP contribution in [0.4, 0.5) is 10.5 Å². The topological polar surface area (TPSA) is 111 Å². The fourth-order valence-electron chi connectivity index (χ4n) is 3.76. The average Bonchev–Trinajstić information content (AvgIpc) is 3.15. The van der Waals surface area contributed by atoms with Crippen molar-refractivity contribution in [3.05, 3.63) is 88.4 Å². The van der Waals surface area contributed by atoms with Crippen LogP contribution in [0.2, 0.25) is 0 Å². The summed E-state index contributed by atoms with van der Waals surface area (Å²) in [4.78, 5) is 34.8. The summed E-state index contributed by atoms with van der Waals surface area (Å²) in [5, 5.41) is 11.7. The van der Waals surface area contributed by atoms with Crippen LogP contribution in [0.25, 0.3) is 28.3 Å². The number of carbonyl (C=O) groups is 2. The van der Waals surface area contributed by atoms with Gasteiger partial charge in [0.25, 0.3) is 0 Å². The molecule has 0 fully saturated rings. The summed E-state index contributed by atoms with van der Waals surface area (Å²) in [6.07, 6.45) is 3.78. The number of carboxylic acid groups (broad SMARTS) is 1. The Hall–Kier alpha value is -4.59. The summed E-state index contributed by atoms with van der Waals surface area (Å²) < 4.78 is 12.0. The van der Waals surface area contributed by atoms with Crippen LogP contribution in [0.15, 0.2) is 76.0 Å². The molecule has 0 atom stereocenters. The zero-order chi connectivity index (χ0) is 24.1. The first-order chi connectivity index (χ1) is 16.5. The lowest BCUT2D eigenvalue weighted by atomic mass is 10.0. The lowest BCUT2D eigenvalue weighted by molar-refractivity contribution is 0.112. The predicted molar refractivity (Wildman–Crippen MR) is 130 cm³/mol. The number of nitrogens with one attached hydrogen (secondary N) is 1. The Morgan fingerprint density at radius 2 is 1.94 bits per heavy atom. The van der Waals surface area contributed by atoms with Crippen LogP contribution in [0.3, 0.4) is 0 Å². The molecule has 2 N–H and O–H groups in total. The first kappa shape index (κ1) is 22.6. The molecule has 0 saturated carbocycles. The number of benzene rings is 3. The molecule has 0 unspecified atom stereocenters. The minimum absolute atomic E-state index is 0.306. The van der Waals surface area contributed by atoms with Gasteiger partial charge in [-0.05, 0) is 29.7 Å². The van der Waals surface area contributed by atoms with E-state index in [1.807, 2.05) is 54.6 Å². The van der Waals surface area contributed by atoms with Crippen LogP contribution in [0, 0.1) is 0 Å². The monoisotopic (exact) mass is 458 g/mol. The number of allylic oxidation sites excluding steroid dienone is 1. The summed E-state index contributed by atoms with van der Waals surface area (Å²) in [6.45, 7) is 0.355. The number of aryl methyl sites for hydroxylation is 1. The molecule has 0 radical (unpaired) electrons. The van der Waals surface area contributed by atoms with Crippen molar-refractivity contribution in [2.75, 3.05) is 12.4 Å². The fraction of sp³-hybridized carbons (Fsp3) is 0.115. The number of aldehydes is 1. The van der Waals surface area contributed by atoms with E-state index in [1.165, 1.54) is 17.7 Å². The van der Waals surface area contributed by atoms with Crippen LogP contribution in [-0.4, -0.2) is 29.2 Å². The second kappa shape index (κ2) is 9.91. The summed E-state index contributed by atoms with van der Waals surface area (Å²) >= 11 is 0. The SMILES string of the molecule is COc1cc2c(cc1C=O)oc(=O)n2CC/C=C/c1ccc(-c2ccccc2)c(NC(=O)O)c1. The number of ether oxygens (including phenoxy) is 1. The first-order valence-electron chi connectivity index (χ1n) is 10.5. The molecule has 1 heterocycles. The van der Waals surface area contributed by atoms with Gasteiger partial charge in [0.05, 0.1) is 23.9 Å². The molecule has 4 rings (SSSR count). The van der Waals surface area contributed by atoms with Crippen molar-refractivity contribution in [2.24, 2.45) is 0 Å². The standard InChI is InChI=1S/C26H22N2O6/c1-33-23-15-22-24(14-19(23)16-29)34-26(32)28(22)12-6-5-7-17-10-11-20(18-8-3-2-4-9-18)21(13-17)27-25(30)31/h2-5,7-11,13-16,27H,6,12H2,1H3,(H,30,31)/b7-5+. The Kier molecular flexibility index (Phi) is 6.59. The summed E-state index contributed by atoms with van der Waals surface area (Å²) in [5.74, 6) is -0.154. The Morgan fingerprint density at radius 1 is 1.15 bits per heavy atom. The van der Waals surface area contributed by atoms with Crippen molar-refractivity contribution in [3.8, 4) is 16.9 Å². The van der Waals surface area contributed by atoms with Gasteiger partial charge in [0.1, 0.15) is 5.75 Å². The third-order valence-electron chi connectivity index (χ3n) is 5.35. The van der Waals surface area contributed by atoms with Crippen LogP contribution in [0.1, 0.15) is 22.3 Å². The molecule has 8 heteroatoms. The summed E-state index contributed by atoms with van der Waals surface area (Å²) in [7, 11) is 1.45. The molecule has 172 valence electrons. The molecule has 1 aromatic heterocycles. The highest BCUT2D eigenvalue weighted by atomic mass is 16.5. The number of hydrogen-bond donors (Lipinski definition) is 2. The fourth-order valence-corrected chi connectivity index (χ4v) is 3.76. The van der Waals surface area contributed by atoms with Crippen molar-refractivity contribution in [1.82, 2.24) is 4.57 Å². The Balaban J connectivity index is 1.54. The molecule has 0 aliphatic heterocycles. The number of hydrogen-bond acceptors (Lipinski definition) is 5. The van der Waals surface area contributed by atoms with Crippen molar-refractivity contribution >= 4 is 35.2 Å². The van der Waals surface area contributed by atoms with Crippen molar-refractivity contribution in [2.45, 2.75) is 13.0 Å². The van der Waals surface area contributed by atoms with Crippen LogP contribution < -0.4 is 15.8 Å². The van der Waals surface area contributed by atoms with Gasteiger partial charge in [-0.3, -0.25) is 14.7 Å². The van der Waals surface area contributed by atoms with E-state index in [4.69, 9.17) is 9.15 Å². The number of oxazole rings is 1. The zero-order valence-electron chi connectivity index (χ0n) is 18.4. The Morgan fingerprint density at radius 3 is 2.65 bits per heavy atom. The molecule has 0 aliphatic carbocycles. The van der Waals surface area contributed by atoms with Gasteiger partial charge in [-0.25, -0.2) is 9.59 Å². The maximum absolute atomic E-state index is 12.3. The number of methoxy groups -OCH3 is 1. The van der Waals surface area contributed by atoms with E-state index in [1.54, 1.807) is 12.1 Å². The normalized spacial score (nSPS) is 11.1. The molecule has 0 aliphatic rings. The Labute approximate surface area is 194 Å². The van der Waals surface area contributed by atoms with E-state index < -0.39 is 11.8 Å². The van der Waals surface area contributed by atoms with E-state index >= 15 is 0 Å². The number of aromatic nitrogens is 1. The zero-order valence-corrected chi connectivity index (χ0v) is 18.4.